The van der Waals surface area contributed by atoms with Crippen LogP contribution in [-0.2, 0) is 27.1 Å². The standard InChI is InChI=1S/C22H38N2O3.C15H24N2O3.C7H11NO/c1-7-13-22(5,6)16-23-15-19(25)18(14-17-11-9-8-10-12-17)24-20(26)27-21(2,3)4;1-15(2,3)20-14(19)17-12(13(18)10-16)9-11-7-5-4-6-8-11;1-7(2,6-9)4-3-5-8/h8-12,18-19,23,25H,7,13-16H2,1-6H3,(H,24,26);4-8,12-13,18H,9-10,16H2,1-3H3,(H,17,19);6H,3-4H2,1-2H3/t18-,19?;12-,13?;/m00./s1. The van der Waals surface area contributed by atoms with Crippen molar-refractivity contribution < 1.29 is 34.1 Å². The van der Waals surface area contributed by atoms with Crippen LogP contribution in [0.25, 0.3) is 0 Å². The van der Waals surface area contributed by atoms with E-state index < -0.39 is 47.7 Å². The van der Waals surface area contributed by atoms with Gasteiger partial charge in [-0.3, -0.25) is 0 Å². The molecule has 0 heterocycles. The number of aliphatic hydroxyl groups excluding tert-OH is 2. The van der Waals surface area contributed by atoms with E-state index in [0.717, 1.165) is 36.8 Å². The van der Waals surface area contributed by atoms with E-state index in [1.165, 1.54) is 0 Å². The lowest BCUT2D eigenvalue weighted by Crippen LogP contribution is -2.50. The molecule has 2 amide bonds. The average molecular weight is 784 g/mol. The summed E-state index contributed by atoms with van der Waals surface area (Å²) in [5.41, 5.74) is 6.29. The summed E-state index contributed by atoms with van der Waals surface area (Å²) in [6.45, 7) is 22.4. The van der Waals surface area contributed by atoms with Gasteiger partial charge in [-0.05, 0) is 83.8 Å². The number of hydrogen-bond acceptors (Lipinski definition) is 10. The lowest BCUT2D eigenvalue weighted by molar-refractivity contribution is -0.114. The Morgan fingerprint density at radius 2 is 1.20 bits per heavy atom. The number of nitriles is 1. The van der Waals surface area contributed by atoms with Crippen LogP contribution in [0.5, 0.6) is 0 Å². The maximum Gasteiger partial charge on any atom is 0.407 e. The van der Waals surface area contributed by atoms with E-state index in [0.29, 0.717) is 32.2 Å². The Balaban J connectivity index is 0.000000911. The smallest absolute Gasteiger partial charge is 0.407 e. The molecule has 2 aromatic rings. The summed E-state index contributed by atoms with van der Waals surface area (Å²) in [5.74, 6) is 0. The molecule has 0 fully saturated rings. The van der Waals surface area contributed by atoms with Gasteiger partial charge in [-0.1, -0.05) is 102 Å². The summed E-state index contributed by atoms with van der Waals surface area (Å²) in [6, 6.07) is 20.6. The highest BCUT2D eigenvalue weighted by Crippen LogP contribution is 2.21. The van der Waals surface area contributed by atoms with Crippen molar-refractivity contribution in [1.82, 2.24) is 16.0 Å². The van der Waals surface area contributed by atoms with Crippen LogP contribution in [0.1, 0.15) is 113 Å². The number of carbonyl (C=O) groups excluding carboxylic acids is 3. The van der Waals surface area contributed by atoms with E-state index in [-0.39, 0.29) is 17.4 Å². The largest absolute Gasteiger partial charge is 0.444 e. The number of benzene rings is 2. The summed E-state index contributed by atoms with van der Waals surface area (Å²) >= 11 is 0. The summed E-state index contributed by atoms with van der Waals surface area (Å²) in [4.78, 5) is 34.2. The summed E-state index contributed by atoms with van der Waals surface area (Å²) in [5, 5.41) is 37.7. The van der Waals surface area contributed by atoms with Gasteiger partial charge in [0.15, 0.2) is 0 Å². The first-order chi connectivity index (χ1) is 26.0. The van der Waals surface area contributed by atoms with Crippen LogP contribution in [0.4, 0.5) is 9.59 Å². The highest BCUT2D eigenvalue weighted by Gasteiger charge is 2.27. The zero-order valence-electron chi connectivity index (χ0n) is 36.0. The van der Waals surface area contributed by atoms with Crippen molar-refractivity contribution in [2.75, 3.05) is 19.6 Å². The number of carbonyl (C=O) groups is 3. The molecule has 316 valence electrons. The molecule has 2 rings (SSSR count). The number of amides is 2. The molecular formula is C44H73N5O7. The Morgan fingerprint density at radius 1 is 0.768 bits per heavy atom. The van der Waals surface area contributed by atoms with Crippen LogP contribution in [0.15, 0.2) is 60.7 Å². The van der Waals surface area contributed by atoms with Crippen LogP contribution >= 0.6 is 0 Å². The molecule has 0 aliphatic carbocycles. The van der Waals surface area contributed by atoms with E-state index >= 15 is 0 Å². The molecule has 7 N–H and O–H groups in total. The number of hydrogen-bond donors (Lipinski definition) is 6. The minimum absolute atomic E-state index is 0.0767. The average Bonchev–Trinajstić information content (AvgIpc) is 3.09. The highest BCUT2D eigenvalue weighted by molar-refractivity contribution is 5.68. The van der Waals surface area contributed by atoms with Crippen molar-refractivity contribution in [2.45, 2.75) is 150 Å². The first-order valence-electron chi connectivity index (χ1n) is 19.6. The molecule has 2 aromatic carbocycles. The van der Waals surface area contributed by atoms with Crippen LogP contribution in [0, 0.1) is 22.2 Å². The number of aldehydes is 1. The van der Waals surface area contributed by atoms with Crippen molar-refractivity contribution in [2.24, 2.45) is 16.6 Å². The number of aliphatic hydroxyl groups is 2. The van der Waals surface area contributed by atoms with Crippen molar-refractivity contribution in [3.05, 3.63) is 71.8 Å². The fraction of sp³-hybridized carbons (Fsp3) is 0.636. The molecule has 0 aliphatic rings. The topological polar surface area (TPSA) is 196 Å². The molecule has 0 saturated heterocycles. The predicted octanol–water partition coefficient (Wildman–Crippen LogP) is 6.86. The Kier molecular flexibility index (Phi) is 24.1. The zero-order valence-corrected chi connectivity index (χ0v) is 36.0. The Labute approximate surface area is 337 Å². The van der Waals surface area contributed by atoms with Gasteiger partial charge in [0.25, 0.3) is 0 Å². The van der Waals surface area contributed by atoms with Gasteiger partial charge in [0, 0.05) is 31.5 Å². The van der Waals surface area contributed by atoms with Crippen LogP contribution in [0.3, 0.4) is 0 Å². The SMILES string of the molecule is CC(C)(C)OC(=O)N[C@@H](Cc1ccccc1)C(O)CN.CC(C)(C=O)CCC#N.CCCC(C)(C)CNCC(O)[C@H](Cc1ccccc1)NC(=O)OC(C)(C)C. The van der Waals surface area contributed by atoms with Crippen molar-refractivity contribution >= 4 is 18.5 Å². The molecule has 0 aromatic heterocycles. The molecule has 0 bridgehead atoms. The normalized spacial score (nSPS) is 13.8. The minimum Gasteiger partial charge on any atom is -0.444 e. The molecule has 4 atom stereocenters. The second kappa shape index (κ2) is 26.0. The molecular weight excluding hydrogens is 711 g/mol. The number of nitrogens with zero attached hydrogens (tertiary/aromatic N) is 1. The summed E-state index contributed by atoms with van der Waals surface area (Å²) in [7, 11) is 0. The van der Waals surface area contributed by atoms with Crippen molar-refractivity contribution in [3.8, 4) is 6.07 Å². The van der Waals surface area contributed by atoms with E-state index in [1.807, 2.05) is 101 Å². The van der Waals surface area contributed by atoms with Crippen LogP contribution < -0.4 is 21.7 Å². The van der Waals surface area contributed by atoms with E-state index in [2.05, 4.69) is 36.7 Å². The molecule has 56 heavy (non-hydrogen) atoms. The molecule has 12 nitrogen and oxygen atoms in total. The Morgan fingerprint density at radius 3 is 1.55 bits per heavy atom. The number of nitrogens with two attached hydrogens (primary N) is 1. The van der Waals surface area contributed by atoms with Gasteiger partial charge in [0.2, 0.25) is 0 Å². The number of nitrogens with one attached hydrogen (secondary N) is 3. The number of alkyl carbamates (subject to hydrolysis) is 2. The zero-order chi connectivity index (χ0) is 43.0. The van der Waals surface area contributed by atoms with E-state index in [4.69, 9.17) is 20.5 Å². The molecule has 12 heteroatoms. The van der Waals surface area contributed by atoms with Gasteiger partial charge in [0.1, 0.15) is 17.5 Å². The highest BCUT2D eigenvalue weighted by atomic mass is 16.6. The van der Waals surface area contributed by atoms with E-state index in [1.54, 1.807) is 20.8 Å². The first-order valence-corrected chi connectivity index (χ1v) is 19.6. The lowest BCUT2D eigenvalue weighted by Gasteiger charge is -2.29. The second-order valence-corrected chi connectivity index (χ2v) is 17.6. The third kappa shape index (κ3) is 26.7. The Hall–Kier alpha value is -4.02. The molecule has 2 unspecified atom stereocenters. The lowest BCUT2D eigenvalue weighted by atomic mass is 9.88. The van der Waals surface area contributed by atoms with Crippen molar-refractivity contribution in [3.63, 3.8) is 0 Å². The van der Waals surface area contributed by atoms with Gasteiger partial charge in [0.05, 0.1) is 30.4 Å². The fourth-order valence-corrected chi connectivity index (χ4v) is 5.29. The summed E-state index contributed by atoms with van der Waals surface area (Å²) < 4.78 is 10.6. The van der Waals surface area contributed by atoms with Gasteiger partial charge < -0.3 is 46.2 Å². The van der Waals surface area contributed by atoms with Gasteiger partial charge >= 0.3 is 12.2 Å². The molecule has 0 saturated carbocycles. The second-order valence-electron chi connectivity index (χ2n) is 17.6. The number of ether oxygens (including phenoxy) is 2. The fourth-order valence-electron chi connectivity index (χ4n) is 5.29. The summed E-state index contributed by atoms with van der Waals surface area (Å²) in [6.07, 6.45) is 2.73. The molecule has 0 spiro atoms. The minimum atomic E-state index is -0.817. The molecule has 0 aliphatic heterocycles. The third-order valence-electron chi connectivity index (χ3n) is 8.26. The van der Waals surface area contributed by atoms with Crippen molar-refractivity contribution in [1.29, 1.82) is 5.26 Å². The van der Waals surface area contributed by atoms with Gasteiger partial charge in [-0.2, -0.15) is 5.26 Å². The van der Waals surface area contributed by atoms with Gasteiger partial charge in [-0.25, -0.2) is 9.59 Å². The maximum atomic E-state index is 12.2. The van der Waals surface area contributed by atoms with Gasteiger partial charge in [-0.15, -0.1) is 0 Å². The van der Waals surface area contributed by atoms with E-state index in [9.17, 15) is 24.6 Å². The first kappa shape index (κ1) is 52.0. The quantitative estimate of drug-likeness (QED) is 0.0870. The third-order valence-corrected chi connectivity index (χ3v) is 8.26. The van der Waals surface area contributed by atoms with Crippen LogP contribution in [0.2, 0.25) is 0 Å². The predicted molar refractivity (Wildman–Crippen MR) is 224 cm³/mol. The monoisotopic (exact) mass is 784 g/mol. The maximum absolute atomic E-state index is 12.2. The Bertz CT molecular complexity index is 1420. The number of rotatable bonds is 18. The van der Waals surface area contributed by atoms with Crippen LogP contribution in [-0.4, -0.2) is 83.8 Å². The molecule has 0 radical (unpaired) electrons.